The molecule has 0 fully saturated rings. The third-order valence-corrected chi connectivity index (χ3v) is 5.46. The van der Waals surface area contributed by atoms with Gasteiger partial charge in [0.1, 0.15) is 0 Å². The smallest absolute Gasteiger partial charge is 0.335 e. The molecular weight excluding hydrogens is 404 g/mol. The summed E-state index contributed by atoms with van der Waals surface area (Å²) < 4.78 is 1.52. The van der Waals surface area contributed by atoms with Crippen molar-refractivity contribution in [3.63, 3.8) is 0 Å². The first-order chi connectivity index (χ1) is 14.5. The number of carboxylic acids is 1. The summed E-state index contributed by atoms with van der Waals surface area (Å²) in [5.41, 5.74) is 2.22. The van der Waals surface area contributed by atoms with Crippen LogP contribution in [0.25, 0.3) is 11.3 Å². The van der Waals surface area contributed by atoms with Gasteiger partial charge in [-0.1, -0.05) is 35.5 Å². The van der Waals surface area contributed by atoms with Crippen LogP contribution < -0.4 is 14.7 Å². The van der Waals surface area contributed by atoms with Crippen LogP contribution in [-0.4, -0.2) is 33.3 Å². The molecule has 152 valence electrons. The van der Waals surface area contributed by atoms with Crippen LogP contribution in [0, 0.1) is 0 Å². The van der Waals surface area contributed by atoms with Crippen molar-refractivity contribution >= 4 is 29.3 Å². The quantitative estimate of drug-likeness (QED) is 0.507. The Morgan fingerprint density at radius 1 is 1.20 bits per heavy atom. The Labute approximate surface area is 176 Å². The third kappa shape index (κ3) is 3.17. The van der Waals surface area contributed by atoms with Crippen LogP contribution in [0.5, 0.6) is 5.88 Å². The molecule has 1 aromatic heterocycles. The minimum absolute atomic E-state index is 0.130. The van der Waals surface area contributed by atoms with E-state index in [1.54, 1.807) is 54.5 Å². The second kappa shape index (κ2) is 7.75. The molecule has 2 aromatic carbocycles. The van der Waals surface area contributed by atoms with E-state index in [1.807, 2.05) is 0 Å². The van der Waals surface area contributed by atoms with Crippen LogP contribution in [0.1, 0.15) is 35.4 Å². The third-order valence-electron chi connectivity index (χ3n) is 4.93. The molecule has 0 saturated carbocycles. The molecule has 30 heavy (non-hydrogen) atoms. The fraction of sp³-hybridized carbons (Fsp3) is 0.190. The number of hydrogen-bond donors (Lipinski definition) is 1. The predicted octanol–water partition coefficient (Wildman–Crippen LogP) is 2.23. The average molecular weight is 422 g/mol. The van der Waals surface area contributed by atoms with Crippen LogP contribution in [0.2, 0.25) is 0 Å². The predicted molar refractivity (Wildman–Crippen MR) is 108 cm³/mol. The molecule has 1 amide bonds. The maximum atomic E-state index is 13.0. The topological polar surface area (TPSA) is 110 Å². The zero-order chi connectivity index (χ0) is 21.4. The molecule has 1 aliphatic rings. The van der Waals surface area contributed by atoms with Crippen molar-refractivity contribution in [2.75, 3.05) is 11.2 Å². The summed E-state index contributed by atoms with van der Waals surface area (Å²) in [6.07, 6.45) is 1.27. The number of carboxylic acid groups (broad SMARTS) is 1. The van der Waals surface area contributed by atoms with E-state index >= 15 is 0 Å². The number of amides is 1. The second-order valence-electron chi connectivity index (χ2n) is 6.63. The lowest BCUT2D eigenvalue weighted by Gasteiger charge is -2.33. The van der Waals surface area contributed by atoms with Crippen molar-refractivity contribution in [2.45, 2.75) is 24.7 Å². The van der Waals surface area contributed by atoms with Crippen LogP contribution >= 0.6 is 11.8 Å². The first kappa shape index (κ1) is 19.8. The van der Waals surface area contributed by atoms with Crippen molar-refractivity contribution < 1.29 is 24.5 Å². The molecule has 1 N–H and O–H groups in total. The van der Waals surface area contributed by atoms with Gasteiger partial charge < -0.3 is 10.2 Å². The lowest BCUT2D eigenvalue weighted by Crippen LogP contribution is -2.59. The number of rotatable bonds is 4. The van der Waals surface area contributed by atoms with Gasteiger partial charge in [-0.15, -0.1) is 0 Å². The van der Waals surface area contributed by atoms with E-state index < -0.39 is 18.0 Å². The molecule has 9 heteroatoms. The number of carbonyl (C=O) groups is 2. The van der Waals surface area contributed by atoms with Gasteiger partial charge in [0, 0.05) is 17.1 Å². The van der Waals surface area contributed by atoms with Gasteiger partial charge >= 0.3 is 5.97 Å². The van der Waals surface area contributed by atoms with Crippen molar-refractivity contribution in [3.8, 4) is 17.1 Å². The number of para-hydroxylation sites is 1. The second-order valence-corrected chi connectivity index (χ2v) is 7.41. The normalized spacial score (nSPS) is 14.7. The summed E-state index contributed by atoms with van der Waals surface area (Å²) in [6, 6.07) is 13.4. The molecule has 0 bridgehead atoms. The van der Waals surface area contributed by atoms with Gasteiger partial charge in [0.25, 0.3) is 17.0 Å². The van der Waals surface area contributed by atoms with E-state index in [1.165, 1.54) is 28.6 Å². The average Bonchev–Trinajstić information content (AvgIpc) is 2.77. The van der Waals surface area contributed by atoms with E-state index in [0.717, 1.165) is 0 Å². The molecule has 8 nitrogen and oxygen atoms in total. The van der Waals surface area contributed by atoms with Crippen LogP contribution in [-0.2, 0) is 4.79 Å². The van der Waals surface area contributed by atoms with E-state index in [-0.39, 0.29) is 23.6 Å². The molecule has 0 radical (unpaired) electrons. The largest absolute Gasteiger partial charge is 0.854 e. The molecule has 1 aliphatic heterocycles. The van der Waals surface area contributed by atoms with Gasteiger partial charge in [0.05, 0.1) is 22.7 Å². The SMILES string of the molecule is CCC(=O)N1c2ccccc2-c2c([O-])nc(SC)n[n+]2C1c1ccc(C(=O)O)cc1. The van der Waals surface area contributed by atoms with Gasteiger partial charge in [0.15, 0.2) is 0 Å². The molecule has 3 aromatic rings. The number of aromatic carboxylic acids is 1. The lowest BCUT2D eigenvalue weighted by atomic mass is 10.00. The summed E-state index contributed by atoms with van der Waals surface area (Å²) in [6.45, 7) is 1.77. The highest BCUT2D eigenvalue weighted by atomic mass is 32.2. The molecule has 0 spiro atoms. The zero-order valence-electron chi connectivity index (χ0n) is 16.3. The monoisotopic (exact) mass is 422 g/mol. The molecule has 1 unspecified atom stereocenters. The Bertz CT molecular complexity index is 1150. The number of thioether (sulfide) groups is 1. The first-order valence-corrected chi connectivity index (χ1v) is 10.5. The van der Waals surface area contributed by atoms with E-state index in [4.69, 9.17) is 0 Å². The Morgan fingerprint density at radius 3 is 2.53 bits per heavy atom. The first-order valence-electron chi connectivity index (χ1n) is 9.25. The van der Waals surface area contributed by atoms with Crippen LogP contribution in [0.4, 0.5) is 5.69 Å². The number of benzene rings is 2. The minimum atomic E-state index is -1.04. The summed E-state index contributed by atoms with van der Waals surface area (Å²) in [5, 5.41) is 27.0. The van der Waals surface area contributed by atoms with Crippen LogP contribution in [0.3, 0.4) is 0 Å². The Kier molecular flexibility index (Phi) is 5.13. The highest BCUT2D eigenvalue weighted by molar-refractivity contribution is 7.98. The van der Waals surface area contributed by atoms with Crippen LogP contribution in [0.15, 0.2) is 53.7 Å². The summed E-state index contributed by atoms with van der Waals surface area (Å²) in [4.78, 5) is 30.0. The maximum Gasteiger partial charge on any atom is 0.335 e. The van der Waals surface area contributed by atoms with Gasteiger partial charge in [-0.25, -0.2) is 14.7 Å². The number of nitrogens with zero attached hydrogens (tertiary/aromatic N) is 4. The molecule has 0 aliphatic carbocycles. The van der Waals surface area contributed by atoms with Crippen molar-refractivity contribution in [3.05, 3.63) is 59.7 Å². The summed E-state index contributed by atoms with van der Waals surface area (Å²) in [7, 11) is 0. The molecule has 4 rings (SSSR count). The lowest BCUT2D eigenvalue weighted by molar-refractivity contribution is -0.764. The number of aromatic nitrogens is 3. The Morgan fingerprint density at radius 2 is 1.90 bits per heavy atom. The highest BCUT2D eigenvalue weighted by Gasteiger charge is 2.44. The molecule has 2 heterocycles. The van der Waals surface area contributed by atoms with Crippen molar-refractivity contribution in [2.24, 2.45) is 0 Å². The van der Waals surface area contributed by atoms with Crippen molar-refractivity contribution in [1.82, 2.24) is 10.1 Å². The summed E-state index contributed by atoms with van der Waals surface area (Å²) in [5.74, 6) is -1.62. The summed E-state index contributed by atoms with van der Waals surface area (Å²) >= 11 is 1.23. The number of hydrogen-bond acceptors (Lipinski definition) is 6. The highest BCUT2D eigenvalue weighted by Crippen LogP contribution is 2.41. The van der Waals surface area contributed by atoms with E-state index in [0.29, 0.717) is 22.0 Å². The van der Waals surface area contributed by atoms with Gasteiger partial charge in [-0.3, -0.25) is 4.79 Å². The van der Waals surface area contributed by atoms with Crippen molar-refractivity contribution in [1.29, 1.82) is 0 Å². The minimum Gasteiger partial charge on any atom is -0.854 e. The van der Waals surface area contributed by atoms with Gasteiger partial charge in [-0.05, 0) is 42.7 Å². The fourth-order valence-electron chi connectivity index (χ4n) is 3.56. The number of fused-ring (bicyclic) bond motifs is 3. The van der Waals surface area contributed by atoms with Gasteiger partial charge in [-0.2, -0.15) is 0 Å². The standard InChI is InChI=1S/C21H18N4O4S/c1-3-16(26)24-15-7-5-4-6-14(15)17-18(27)22-21(30-2)23-25(17)19(24)12-8-10-13(11-9-12)20(28)29/h4-11,19H,3H2,1-2H3,(H-,22,23,27,28,29). The van der Waals surface area contributed by atoms with E-state index in [9.17, 15) is 19.8 Å². The Balaban J connectivity index is 2.02. The maximum absolute atomic E-state index is 13.0. The molecular formula is C21H18N4O4S. The molecule has 0 saturated heterocycles. The van der Waals surface area contributed by atoms with Gasteiger partial charge in [0.2, 0.25) is 5.91 Å². The number of anilines is 1. The Hall–Kier alpha value is -3.46. The fourth-order valence-corrected chi connectivity index (χ4v) is 3.90. The van der Waals surface area contributed by atoms with E-state index in [2.05, 4.69) is 10.1 Å². The molecule has 1 atom stereocenters. The number of carbonyl (C=O) groups excluding carboxylic acids is 1. The zero-order valence-corrected chi connectivity index (χ0v) is 17.1.